The van der Waals surface area contributed by atoms with E-state index in [1.807, 2.05) is 24.0 Å². The summed E-state index contributed by atoms with van der Waals surface area (Å²) in [6, 6.07) is 5.09. The van der Waals surface area contributed by atoms with Crippen LogP contribution in [-0.2, 0) is 4.79 Å². The van der Waals surface area contributed by atoms with Crippen LogP contribution in [0.15, 0.2) is 18.2 Å². The molecule has 0 saturated carbocycles. The highest BCUT2D eigenvalue weighted by Crippen LogP contribution is 2.39. The smallest absolute Gasteiger partial charge is 0.328 e. The monoisotopic (exact) mass is 420 g/mol. The summed E-state index contributed by atoms with van der Waals surface area (Å²) < 4.78 is 0. The summed E-state index contributed by atoms with van der Waals surface area (Å²) in [4.78, 5) is 40.2. The van der Waals surface area contributed by atoms with Crippen LogP contribution >= 0.6 is 12.4 Å². The molecular weight excluding hydrogens is 392 g/mol. The van der Waals surface area contributed by atoms with Crippen LogP contribution < -0.4 is 15.5 Å². The summed E-state index contributed by atoms with van der Waals surface area (Å²) in [6.45, 7) is 5.99. The number of benzene rings is 1. The molecule has 0 aromatic heterocycles. The molecule has 0 radical (unpaired) electrons. The number of rotatable bonds is 2. The minimum absolute atomic E-state index is 0. The summed E-state index contributed by atoms with van der Waals surface area (Å²) in [5.41, 5.74) is 2.61. The molecule has 3 heterocycles. The first-order valence-corrected chi connectivity index (χ1v) is 10.2. The molecule has 0 bridgehead atoms. The number of amides is 4. The lowest BCUT2D eigenvalue weighted by Gasteiger charge is -2.44. The fraction of sp³-hybridized carbons (Fsp3) is 0.571. The van der Waals surface area contributed by atoms with Gasteiger partial charge in [-0.05, 0) is 68.8 Å². The molecule has 3 aliphatic heterocycles. The first-order valence-electron chi connectivity index (χ1n) is 10.2. The normalized spacial score (nSPS) is 21.6. The number of piperidine rings is 2. The van der Waals surface area contributed by atoms with E-state index in [0.717, 1.165) is 44.6 Å². The average molecular weight is 421 g/mol. The van der Waals surface area contributed by atoms with E-state index < -0.39 is 6.03 Å². The maximum atomic E-state index is 13.1. The molecule has 1 aromatic carbocycles. The number of halogens is 1. The van der Waals surface area contributed by atoms with Crippen molar-refractivity contribution in [3.05, 3.63) is 29.3 Å². The highest BCUT2D eigenvalue weighted by Gasteiger charge is 2.37. The molecule has 3 aliphatic rings. The predicted molar refractivity (Wildman–Crippen MR) is 114 cm³/mol. The molecule has 4 amide bonds. The Balaban J connectivity index is 0.00000240. The Morgan fingerprint density at radius 2 is 1.72 bits per heavy atom. The Bertz CT molecular complexity index is 797. The van der Waals surface area contributed by atoms with Crippen molar-refractivity contribution in [2.45, 2.75) is 39.0 Å². The van der Waals surface area contributed by atoms with Crippen LogP contribution in [0.3, 0.4) is 0 Å². The van der Waals surface area contributed by atoms with Gasteiger partial charge in [0.2, 0.25) is 5.91 Å². The number of nitrogens with zero attached hydrogens (tertiary/aromatic N) is 2. The van der Waals surface area contributed by atoms with Gasteiger partial charge in [0.05, 0.1) is 0 Å². The third-order valence-electron chi connectivity index (χ3n) is 6.58. The highest BCUT2D eigenvalue weighted by molar-refractivity contribution is 6.06. The quantitative estimate of drug-likeness (QED) is 0.770. The number of likely N-dealkylation sites (tertiary alicyclic amines) is 1. The molecule has 3 saturated heterocycles. The molecule has 2 N–H and O–H groups in total. The lowest BCUT2D eigenvalue weighted by Crippen LogP contribution is -2.50. The first-order chi connectivity index (χ1) is 13.5. The lowest BCUT2D eigenvalue weighted by molar-refractivity contribution is -0.120. The van der Waals surface area contributed by atoms with E-state index in [0.29, 0.717) is 23.2 Å². The maximum absolute atomic E-state index is 13.1. The van der Waals surface area contributed by atoms with Crippen LogP contribution in [0.25, 0.3) is 0 Å². The molecule has 0 atom stereocenters. The topological polar surface area (TPSA) is 81.8 Å². The molecule has 3 fully saturated rings. The number of anilines is 1. The van der Waals surface area contributed by atoms with Gasteiger partial charge in [0.25, 0.3) is 5.91 Å². The SMILES string of the molecule is Cc1ccc(C(=O)N2CCC3(CCNCC3)CC2)cc1N1CCC(=O)NC1=O.Cl. The third-order valence-corrected chi connectivity index (χ3v) is 6.58. The zero-order valence-electron chi connectivity index (χ0n) is 16.8. The van der Waals surface area contributed by atoms with Crippen molar-refractivity contribution < 1.29 is 14.4 Å². The van der Waals surface area contributed by atoms with Gasteiger partial charge in [-0.1, -0.05) is 6.07 Å². The van der Waals surface area contributed by atoms with E-state index in [1.54, 1.807) is 11.0 Å². The average Bonchev–Trinajstić information content (AvgIpc) is 2.70. The second-order valence-electron chi connectivity index (χ2n) is 8.30. The van der Waals surface area contributed by atoms with Crippen LogP contribution in [0, 0.1) is 12.3 Å². The van der Waals surface area contributed by atoms with Gasteiger partial charge >= 0.3 is 6.03 Å². The fourth-order valence-electron chi connectivity index (χ4n) is 4.65. The zero-order chi connectivity index (χ0) is 19.7. The first kappa shape index (κ1) is 21.6. The molecule has 4 rings (SSSR count). The largest absolute Gasteiger partial charge is 0.339 e. The number of hydrogen-bond donors (Lipinski definition) is 2. The maximum Gasteiger partial charge on any atom is 0.328 e. The Labute approximate surface area is 177 Å². The molecule has 158 valence electrons. The number of carbonyl (C=O) groups is 3. The third kappa shape index (κ3) is 4.41. The van der Waals surface area contributed by atoms with Gasteiger partial charge in [-0.15, -0.1) is 12.4 Å². The minimum atomic E-state index is -0.422. The lowest BCUT2D eigenvalue weighted by atomic mass is 9.71. The summed E-state index contributed by atoms with van der Waals surface area (Å²) in [7, 11) is 0. The fourth-order valence-corrected chi connectivity index (χ4v) is 4.65. The van der Waals surface area contributed by atoms with Crippen molar-refractivity contribution in [3.8, 4) is 0 Å². The summed E-state index contributed by atoms with van der Waals surface area (Å²) in [6.07, 6.45) is 4.80. The van der Waals surface area contributed by atoms with Gasteiger partial charge in [0, 0.05) is 37.3 Å². The standard InChI is InChI=1S/C21H28N4O3.ClH/c1-15-2-3-16(14-17(15)25-11-4-18(26)23-20(25)28)19(27)24-12-7-21(8-13-24)5-9-22-10-6-21;/h2-3,14,22H,4-13H2,1H3,(H,23,26,28);1H. The molecule has 1 aromatic rings. The van der Waals surface area contributed by atoms with Crippen molar-refractivity contribution in [2.24, 2.45) is 5.41 Å². The predicted octanol–water partition coefficient (Wildman–Crippen LogP) is 2.47. The summed E-state index contributed by atoms with van der Waals surface area (Å²) >= 11 is 0. The van der Waals surface area contributed by atoms with Crippen molar-refractivity contribution in [2.75, 3.05) is 37.6 Å². The number of nitrogens with one attached hydrogen (secondary N) is 2. The molecule has 8 heteroatoms. The van der Waals surface area contributed by atoms with Crippen molar-refractivity contribution in [3.63, 3.8) is 0 Å². The van der Waals surface area contributed by atoms with E-state index in [9.17, 15) is 14.4 Å². The van der Waals surface area contributed by atoms with Crippen LogP contribution in [0.2, 0.25) is 0 Å². The Morgan fingerprint density at radius 3 is 2.38 bits per heavy atom. The van der Waals surface area contributed by atoms with E-state index in [4.69, 9.17) is 0 Å². The number of carbonyl (C=O) groups excluding carboxylic acids is 3. The van der Waals surface area contributed by atoms with Gasteiger partial charge in [0.1, 0.15) is 0 Å². The number of aryl methyl sites for hydroxylation is 1. The Hall–Kier alpha value is -2.12. The van der Waals surface area contributed by atoms with E-state index >= 15 is 0 Å². The second-order valence-corrected chi connectivity index (χ2v) is 8.30. The van der Waals surface area contributed by atoms with Crippen molar-refractivity contribution in [1.82, 2.24) is 15.5 Å². The highest BCUT2D eigenvalue weighted by atomic mass is 35.5. The molecule has 7 nitrogen and oxygen atoms in total. The Morgan fingerprint density at radius 1 is 1.03 bits per heavy atom. The van der Waals surface area contributed by atoms with E-state index in [2.05, 4.69) is 10.6 Å². The van der Waals surface area contributed by atoms with Crippen LogP contribution in [0.5, 0.6) is 0 Å². The molecule has 0 aliphatic carbocycles. The Kier molecular flexibility index (Phi) is 6.49. The van der Waals surface area contributed by atoms with Gasteiger partial charge in [-0.2, -0.15) is 0 Å². The molecule has 29 heavy (non-hydrogen) atoms. The number of hydrogen-bond acceptors (Lipinski definition) is 4. The van der Waals surface area contributed by atoms with Crippen molar-refractivity contribution in [1.29, 1.82) is 0 Å². The van der Waals surface area contributed by atoms with Crippen LogP contribution in [0.1, 0.15) is 48.0 Å². The van der Waals surface area contributed by atoms with E-state index in [1.165, 1.54) is 12.8 Å². The van der Waals surface area contributed by atoms with Gasteiger partial charge in [-0.25, -0.2) is 4.79 Å². The second kappa shape index (κ2) is 8.71. The summed E-state index contributed by atoms with van der Waals surface area (Å²) in [5.74, 6) is -0.232. The van der Waals surface area contributed by atoms with E-state index in [-0.39, 0.29) is 30.6 Å². The molecule has 1 spiro atoms. The molecular formula is C21H29ClN4O3. The molecule has 0 unspecified atom stereocenters. The van der Waals surface area contributed by atoms with Crippen molar-refractivity contribution >= 4 is 35.9 Å². The van der Waals surface area contributed by atoms with Gasteiger partial charge in [-0.3, -0.25) is 19.8 Å². The zero-order valence-corrected chi connectivity index (χ0v) is 17.6. The summed E-state index contributed by atoms with van der Waals surface area (Å²) in [5, 5.41) is 5.77. The van der Waals surface area contributed by atoms with Gasteiger partial charge in [0.15, 0.2) is 0 Å². The number of urea groups is 1. The number of imide groups is 1. The minimum Gasteiger partial charge on any atom is -0.339 e. The van der Waals surface area contributed by atoms with Gasteiger partial charge < -0.3 is 10.2 Å². The van der Waals surface area contributed by atoms with Crippen LogP contribution in [0.4, 0.5) is 10.5 Å². The van der Waals surface area contributed by atoms with Crippen LogP contribution in [-0.4, -0.2) is 55.5 Å².